The quantitative estimate of drug-likeness (QED) is 0.605. The third kappa shape index (κ3) is 5.50. The van der Waals surface area contributed by atoms with Gasteiger partial charge in [-0.15, -0.1) is 0 Å². The molecule has 4 rings (SSSR count). The summed E-state index contributed by atoms with van der Waals surface area (Å²) in [5.41, 5.74) is 0.512. The highest BCUT2D eigenvalue weighted by molar-refractivity contribution is 6.23. The number of carbonyl (C=O) groups is 1. The fourth-order valence-electron chi connectivity index (χ4n) is 4.85. The number of imidazole rings is 1. The Morgan fingerprint density at radius 1 is 1.22 bits per heavy atom. The van der Waals surface area contributed by atoms with E-state index in [0.717, 1.165) is 38.5 Å². The van der Waals surface area contributed by atoms with Gasteiger partial charge in [0.2, 0.25) is 0 Å². The standard InChI is InChI=1S/C23H32BFN4O3/c1-28-13-22(26-15-28)23(30)29(19-7-5-18(6-8-19)27-24-31-2)20-11-16(12-20)14-32-21-9-3-17(25)4-10-21/h3-4,9-10,13,15-16,18-20,24,27H,5-8,11-12,14H2,1-2H3. The van der Waals surface area contributed by atoms with Crippen LogP contribution in [0.2, 0.25) is 0 Å². The maximum Gasteiger partial charge on any atom is 0.360 e. The van der Waals surface area contributed by atoms with Gasteiger partial charge >= 0.3 is 7.62 Å². The fraction of sp³-hybridized carbons (Fsp3) is 0.565. The molecule has 2 aliphatic rings. The van der Waals surface area contributed by atoms with Gasteiger partial charge in [0.15, 0.2) is 0 Å². The molecule has 7 nitrogen and oxygen atoms in total. The summed E-state index contributed by atoms with van der Waals surface area (Å²) in [5, 5.41) is 3.41. The van der Waals surface area contributed by atoms with Gasteiger partial charge in [-0.3, -0.25) is 4.79 Å². The largest absolute Gasteiger partial charge is 0.493 e. The first kappa shape index (κ1) is 22.8. The van der Waals surface area contributed by atoms with Gasteiger partial charge in [-0.1, -0.05) is 0 Å². The Labute approximate surface area is 189 Å². The zero-order valence-electron chi connectivity index (χ0n) is 18.9. The van der Waals surface area contributed by atoms with E-state index >= 15 is 0 Å². The van der Waals surface area contributed by atoms with Gasteiger partial charge in [0, 0.05) is 32.4 Å². The summed E-state index contributed by atoms with van der Waals surface area (Å²) in [5.74, 6) is 0.834. The van der Waals surface area contributed by atoms with Crippen LogP contribution >= 0.6 is 0 Å². The van der Waals surface area contributed by atoms with E-state index in [2.05, 4.69) is 15.1 Å². The number of carbonyl (C=O) groups excluding carboxylic acids is 1. The third-order valence-electron chi connectivity index (χ3n) is 6.67. The van der Waals surface area contributed by atoms with Crippen LogP contribution < -0.4 is 9.96 Å². The maximum atomic E-state index is 13.4. The summed E-state index contributed by atoms with van der Waals surface area (Å²) in [6, 6.07) is 7.00. The second-order valence-electron chi connectivity index (χ2n) is 9.04. The second-order valence-corrected chi connectivity index (χ2v) is 9.04. The fourth-order valence-corrected chi connectivity index (χ4v) is 4.85. The van der Waals surface area contributed by atoms with Gasteiger partial charge in [0.1, 0.15) is 17.3 Å². The van der Waals surface area contributed by atoms with Crippen LogP contribution in [0, 0.1) is 11.7 Å². The van der Waals surface area contributed by atoms with Crippen molar-refractivity contribution in [3.63, 3.8) is 0 Å². The first-order chi connectivity index (χ1) is 15.5. The number of aromatic nitrogens is 2. The van der Waals surface area contributed by atoms with E-state index in [0.29, 0.717) is 37.6 Å². The van der Waals surface area contributed by atoms with E-state index in [4.69, 9.17) is 9.39 Å². The highest BCUT2D eigenvalue weighted by Gasteiger charge is 2.41. The monoisotopic (exact) mass is 442 g/mol. The lowest BCUT2D eigenvalue weighted by Gasteiger charge is -2.47. The lowest BCUT2D eigenvalue weighted by atomic mass is 9.77. The molecule has 9 heteroatoms. The molecule has 1 N–H and O–H groups in total. The molecule has 0 atom stereocenters. The summed E-state index contributed by atoms with van der Waals surface area (Å²) >= 11 is 0. The summed E-state index contributed by atoms with van der Waals surface area (Å²) in [7, 11) is 4.13. The molecular formula is C23H32BFN4O3. The molecule has 0 spiro atoms. The van der Waals surface area contributed by atoms with E-state index < -0.39 is 0 Å². The van der Waals surface area contributed by atoms with Gasteiger partial charge in [0.25, 0.3) is 5.91 Å². The van der Waals surface area contributed by atoms with Crippen molar-refractivity contribution in [3.8, 4) is 5.75 Å². The smallest absolute Gasteiger partial charge is 0.360 e. The van der Waals surface area contributed by atoms with Crippen LogP contribution in [0.3, 0.4) is 0 Å². The summed E-state index contributed by atoms with van der Waals surface area (Å²) < 4.78 is 25.9. The molecule has 1 heterocycles. The molecule has 0 radical (unpaired) electrons. The average molecular weight is 442 g/mol. The lowest BCUT2D eigenvalue weighted by Crippen LogP contribution is -2.55. The van der Waals surface area contributed by atoms with Gasteiger partial charge in [-0.05, 0) is 74.8 Å². The van der Waals surface area contributed by atoms with Crippen molar-refractivity contribution < 1.29 is 18.6 Å². The van der Waals surface area contributed by atoms with Gasteiger partial charge in [-0.2, -0.15) is 0 Å². The molecule has 172 valence electrons. The molecule has 2 fully saturated rings. The van der Waals surface area contributed by atoms with Crippen molar-refractivity contribution in [1.82, 2.24) is 19.7 Å². The van der Waals surface area contributed by atoms with Crippen LogP contribution in [0.4, 0.5) is 4.39 Å². The SMILES string of the molecule is COBNC1CCC(N(C(=O)c2cn(C)cn2)C2CC(COc3ccc(F)cc3)C2)CC1. The number of hydrogen-bond donors (Lipinski definition) is 1. The predicted octanol–water partition coefficient (Wildman–Crippen LogP) is 2.67. The van der Waals surface area contributed by atoms with E-state index in [-0.39, 0.29) is 23.8 Å². The minimum Gasteiger partial charge on any atom is -0.493 e. The number of hydrogen-bond acceptors (Lipinski definition) is 5. The number of rotatable bonds is 9. The molecule has 2 saturated carbocycles. The van der Waals surface area contributed by atoms with E-state index in [9.17, 15) is 9.18 Å². The number of halogens is 1. The molecule has 0 bridgehead atoms. The van der Waals surface area contributed by atoms with Crippen molar-refractivity contribution in [1.29, 1.82) is 0 Å². The predicted molar refractivity (Wildman–Crippen MR) is 121 cm³/mol. The molecule has 1 aromatic carbocycles. The molecule has 2 aromatic rings. The van der Waals surface area contributed by atoms with Crippen molar-refractivity contribution in [3.05, 3.63) is 48.3 Å². The van der Waals surface area contributed by atoms with Crippen LogP contribution in [0.15, 0.2) is 36.8 Å². The first-order valence-electron chi connectivity index (χ1n) is 11.4. The Morgan fingerprint density at radius 2 is 1.94 bits per heavy atom. The number of aryl methyl sites for hydroxylation is 1. The molecule has 1 amide bonds. The number of nitrogens with zero attached hydrogens (tertiary/aromatic N) is 3. The highest BCUT2D eigenvalue weighted by atomic mass is 19.1. The first-order valence-corrected chi connectivity index (χ1v) is 11.4. The van der Waals surface area contributed by atoms with Crippen molar-refractivity contribution in [2.45, 2.75) is 56.7 Å². The Balaban J connectivity index is 1.36. The van der Waals surface area contributed by atoms with Crippen molar-refractivity contribution in [2.75, 3.05) is 13.7 Å². The summed E-state index contributed by atoms with van der Waals surface area (Å²) in [6.45, 7) is 0.585. The average Bonchev–Trinajstić information content (AvgIpc) is 3.21. The zero-order valence-corrected chi connectivity index (χ0v) is 18.9. The molecule has 0 saturated heterocycles. The Bertz CT molecular complexity index is 880. The number of ether oxygens (including phenoxy) is 1. The summed E-state index contributed by atoms with van der Waals surface area (Å²) in [6.07, 6.45) is 9.34. The Hall–Kier alpha value is -2.39. The van der Waals surface area contributed by atoms with Crippen LogP contribution in [0.5, 0.6) is 5.75 Å². The molecule has 32 heavy (non-hydrogen) atoms. The molecular weight excluding hydrogens is 410 g/mol. The molecule has 0 aliphatic heterocycles. The van der Waals surface area contributed by atoms with E-state index in [1.807, 2.05) is 11.6 Å². The van der Waals surface area contributed by atoms with E-state index in [1.165, 1.54) is 12.1 Å². The van der Waals surface area contributed by atoms with Crippen LogP contribution in [-0.2, 0) is 11.7 Å². The Kier molecular flexibility index (Phi) is 7.47. The minimum absolute atomic E-state index is 0.0294. The highest BCUT2D eigenvalue weighted by Crippen LogP contribution is 2.37. The van der Waals surface area contributed by atoms with Crippen molar-refractivity contribution >= 4 is 13.5 Å². The van der Waals surface area contributed by atoms with E-state index in [1.54, 1.807) is 31.8 Å². The molecule has 0 unspecified atom stereocenters. The molecule has 2 aliphatic carbocycles. The normalized spacial score (nSPS) is 25.1. The maximum absolute atomic E-state index is 13.4. The minimum atomic E-state index is -0.267. The third-order valence-corrected chi connectivity index (χ3v) is 6.67. The lowest BCUT2D eigenvalue weighted by molar-refractivity contribution is 0.0113. The number of benzene rings is 1. The number of amides is 1. The summed E-state index contributed by atoms with van der Waals surface area (Å²) in [4.78, 5) is 19.8. The Morgan fingerprint density at radius 3 is 2.56 bits per heavy atom. The van der Waals surface area contributed by atoms with Crippen LogP contribution in [-0.4, -0.2) is 59.8 Å². The zero-order chi connectivity index (χ0) is 22.5. The van der Waals surface area contributed by atoms with Gasteiger partial charge in [-0.25, -0.2) is 9.37 Å². The second kappa shape index (κ2) is 10.5. The van der Waals surface area contributed by atoms with Gasteiger partial charge < -0.3 is 24.1 Å². The topological polar surface area (TPSA) is 68.6 Å². The number of nitrogens with one attached hydrogen (secondary N) is 1. The van der Waals surface area contributed by atoms with Crippen LogP contribution in [0.1, 0.15) is 49.0 Å². The van der Waals surface area contributed by atoms with Crippen molar-refractivity contribution in [2.24, 2.45) is 13.0 Å². The van der Waals surface area contributed by atoms with Crippen LogP contribution in [0.25, 0.3) is 0 Å². The molecule has 1 aromatic heterocycles. The van der Waals surface area contributed by atoms with Gasteiger partial charge in [0.05, 0.1) is 12.9 Å².